The number of tetrazole rings is 1. The van der Waals surface area contributed by atoms with Gasteiger partial charge in [0, 0.05) is 18.3 Å². The van der Waals surface area contributed by atoms with Gasteiger partial charge < -0.3 is 9.88 Å². The van der Waals surface area contributed by atoms with Crippen LogP contribution in [0.3, 0.4) is 0 Å². The van der Waals surface area contributed by atoms with Crippen LogP contribution in [-0.4, -0.2) is 31.3 Å². The number of benzene rings is 1. The molecule has 20 heavy (non-hydrogen) atoms. The van der Waals surface area contributed by atoms with Crippen LogP contribution in [0.15, 0.2) is 30.5 Å². The Hall–Kier alpha value is -2.21. The molecule has 0 aliphatic heterocycles. The summed E-state index contributed by atoms with van der Waals surface area (Å²) in [5.74, 6) is 0.724. The lowest BCUT2D eigenvalue weighted by atomic mass is 10.1. The molecule has 1 aromatic carbocycles. The monoisotopic (exact) mass is 270 g/mol. The van der Waals surface area contributed by atoms with Gasteiger partial charge in [0.2, 0.25) is 0 Å². The first-order chi connectivity index (χ1) is 9.76. The van der Waals surface area contributed by atoms with Crippen LogP contribution < -0.4 is 5.32 Å². The Balaban J connectivity index is 1.90. The van der Waals surface area contributed by atoms with Crippen molar-refractivity contribution in [1.29, 1.82) is 0 Å². The second kappa shape index (κ2) is 5.42. The minimum absolute atomic E-state index is 0.641. The van der Waals surface area contributed by atoms with Crippen molar-refractivity contribution in [3.63, 3.8) is 0 Å². The molecule has 0 aliphatic rings. The first kappa shape index (κ1) is 12.8. The maximum Gasteiger partial charge on any atom is 0.194 e. The van der Waals surface area contributed by atoms with Gasteiger partial charge in [-0.15, -0.1) is 10.2 Å². The zero-order chi connectivity index (χ0) is 13.9. The average Bonchev–Trinajstić information content (AvgIpc) is 3.04. The predicted octanol–water partition coefficient (Wildman–Crippen LogP) is 1.32. The number of hydrogen-bond donors (Lipinski definition) is 1. The Morgan fingerprint density at radius 2 is 2.15 bits per heavy atom. The van der Waals surface area contributed by atoms with Crippen LogP contribution in [0.25, 0.3) is 10.9 Å². The number of fused-ring (bicyclic) bond motifs is 1. The molecule has 0 spiro atoms. The average molecular weight is 270 g/mol. The molecule has 0 radical (unpaired) electrons. The Labute approximate surface area is 117 Å². The van der Waals surface area contributed by atoms with Gasteiger partial charge in [0.15, 0.2) is 5.82 Å². The van der Waals surface area contributed by atoms with Gasteiger partial charge in [-0.3, -0.25) is 0 Å². The van der Waals surface area contributed by atoms with Crippen molar-refractivity contribution in [2.75, 3.05) is 6.54 Å². The highest BCUT2D eigenvalue weighted by molar-refractivity contribution is 5.80. The third-order valence-electron chi connectivity index (χ3n) is 3.28. The lowest BCUT2D eigenvalue weighted by Gasteiger charge is -2.05. The maximum atomic E-state index is 4.23. The first-order valence-corrected chi connectivity index (χ1v) is 6.77. The van der Waals surface area contributed by atoms with Crippen molar-refractivity contribution in [3.05, 3.63) is 41.9 Å². The van der Waals surface area contributed by atoms with Crippen molar-refractivity contribution in [2.45, 2.75) is 20.0 Å². The molecule has 0 bridgehead atoms. The molecule has 104 valence electrons. The lowest BCUT2D eigenvalue weighted by molar-refractivity contribution is 0.625. The molecule has 0 amide bonds. The molecule has 6 heteroatoms. The van der Waals surface area contributed by atoms with E-state index in [1.165, 1.54) is 21.3 Å². The van der Waals surface area contributed by atoms with E-state index in [1.54, 1.807) is 7.05 Å². The van der Waals surface area contributed by atoms with Crippen LogP contribution in [-0.2, 0) is 20.1 Å². The molecule has 0 unspecified atom stereocenters. The second-order valence-electron chi connectivity index (χ2n) is 4.81. The molecule has 0 saturated carbocycles. The van der Waals surface area contributed by atoms with Gasteiger partial charge in [-0.1, -0.05) is 19.1 Å². The molecule has 3 rings (SSSR count). The van der Waals surface area contributed by atoms with Crippen LogP contribution in [0.2, 0.25) is 0 Å². The third kappa shape index (κ3) is 2.55. The summed E-state index contributed by atoms with van der Waals surface area (Å²) in [5.41, 5.74) is 2.49. The van der Waals surface area contributed by atoms with Crippen LogP contribution in [0.4, 0.5) is 0 Å². The summed E-state index contributed by atoms with van der Waals surface area (Å²) >= 11 is 0. The number of nitrogens with zero attached hydrogens (tertiary/aromatic N) is 5. The fourth-order valence-corrected chi connectivity index (χ4v) is 2.29. The summed E-state index contributed by atoms with van der Waals surface area (Å²) in [5, 5.41) is 16.7. The van der Waals surface area contributed by atoms with Gasteiger partial charge in [0.25, 0.3) is 0 Å². The Kier molecular flexibility index (Phi) is 3.47. The van der Waals surface area contributed by atoms with Gasteiger partial charge in [0.1, 0.15) is 0 Å². The summed E-state index contributed by atoms with van der Waals surface area (Å²) in [6, 6.07) is 8.65. The largest absolute Gasteiger partial charge is 0.340 e. The van der Waals surface area contributed by atoms with Crippen molar-refractivity contribution in [2.24, 2.45) is 7.05 Å². The maximum absolute atomic E-state index is 4.23. The molecular weight excluding hydrogens is 252 g/mol. The highest BCUT2D eigenvalue weighted by Crippen LogP contribution is 2.18. The molecule has 1 N–H and O–H groups in total. The first-order valence-electron chi connectivity index (χ1n) is 6.77. The van der Waals surface area contributed by atoms with Gasteiger partial charge in [0.05, 0.1) is 13.6 Å². The summed E-state index contributed by atoms with van der Waals surface area (Å²) < 4.78 is 2.15. The van der Waals surface area contributed by atoms with Crippen LogP contribution in [0.5, 0.6) is 0 Å². The van der Waals surface area contributed by atoms with Gasteiger partial charge in [-0.25, -0.2) is 0 Å². The summed E-state index contributed by atoms with van der Waals surface area (Å²) in [6.07, 6.45) is 2.07. The van der Waals surface area contributed by atoms with Crippen molar-refractivity contribution < 1.29 is 0 Å². The summed E-state index contributed by atoms with van der Waals surface area (Å²) in [4.78, 5) is 1.48. The minimum atomic E-state index is 0.641. The molecule has 0 fully saturated rings. The standard InChI is InChI=1S/C14H18N6/c1-3-15-9-11-4-5-12-6-7-20(13(12)8-11)10-14-16-18-19(2)17-14/h4-8,15H,3,9-10H2,1-2H3. The fraction of sp³-hybridized carbons (Fsp3) is 0.357. The van der Waals surface area contributed by atoms with Gasteiger partial charge >= 0.3 is 0 Å². The van der Waals surface area contributed by atoms with Gasteiger partial charge in [-0.05, 0) is 34.8 Å². The topological polar surface area (TPSA) is 60.6 Å². The number of aromatic nitrogens is 5. The second-order valence-corrected chi connectivity index (χ2v) is 4.81. The van der Waals surface area contributed by atoms with E-state index in [-0.39, 0.29) is 0 Å². The van der Waals surface area contributed by atoms with E-state index in [1.807, 2.05) is 0 Å². The molecule has 2 aromatic heterocycles. The van der Waals surface area contributed by atoms with Crippen molar-refractivity contribution >= 4 is 10.9 Å². The fourth-order valence-electron chi connectivity index (χ4n) is 2.29. The zero-order valence-corrected chi connectivity index (χ0v) is 11.7. The van der Waals surface area contributed by atoms with E-state index in [4.69, 9.17) is 0 Å². The summed E-state index contributed by atoms with van der Waals surface area (Å²) in [7, 11) is 1.78. The van der Waals surface area contributed by atoms with E-state index in [0.717, 1.165) is 18.9 Å². The Morgan fingerprint density at radius 3 is 2.90 bits per heavy atom. The number of hydrogen-bond acceptors (Lipinski definition) is 4. The molecule has 0 aliphatic carbocycles. The van der Waals surface area contributed by atoms with E-state index < -0.39 is 0 Å². The highest BCUT2D eigenvalue weighted by atomic mass is 15.6. The Morgan fingerprint density at radius 1 is 1.25 bits per heavy atom. The molecular formula is C14H18N6. The third-order valence-corrected chi connectivity index (χ3v) is 3.28. The molecule has 2 heterocycles. The SMILES string of the molecule is CCNCc1ccc2ccn(Cc3nnn(C)n3)c2c1. The smallest absolute Gasteiger partial charge is 0.194 e. The highest BCUT2D eigenvalue weighted by Gasteiger charge is 2.06. The van der Waals surface area contributed by atoms with Crippen molar-refractivity contribution in [3.8, 4) is 0 Å². The van der Waals surface area contributed by atoms with Crippen LogP contribution >= 0.6 is 0 Å². The molecule has 0 atom stereocenters. The number of aryl methyl sites for hydroxylation is 1. The van der Waals surface area contributed by atoms with Crippen molar-refractivity contribution in [1.82, 2.24) is 30.1 Å². The Bertz CT molecular complexity index is 711. The van der Waals surface area contributed by atoms with Crippen LogP contribution in [0, 0.1) is 0 Å². The summed E-state index contributed by atoms with van der Waals surface area (Å²) in [6.45, 7) is 4.62. The number of rotatable bonds is 5. The predicted molar refractivity (Wildman–Crippen MR) is 77.2 cm³/mol. The molecule has 3 aromatic rings. The number of nitrogens with one attached hydrogen (secondary N) is 1. The van der Waals surface area contributed by atoms with Crippen LogP contribution in [0.1, 0.15) is 18.3 Å². The zero-order valence-electron chi connectivity index (χ0n) is 11.7. The van der Waals surface area contributed by atoms with E-state index in [9.17, 15) is 0 Å². The molecule has 0 saturated heterocycles. The van der Waals surface area contributed by atoms with E-state index in [0.29, 0.717) is 6.54 Å². The molecule has 6 nitrogen and oxygen atoms in total. The minimum Gasteiger partial charge on any atom is -0.340 e. The van der Waals surface area contributed by atoms with E-state index >= 15 is 0 Å². The van der Waals surface area contributed by atoms with E-state index in [2.05, 4.69) is 62.7 Å². The normalized spacial score (nSPS) is 11.3. The van der Waals surface area contributed by atoms with Gasteiger partial charge in [-0.2, -0.15) is 4.80 Å². The quantitative estimate of drug-likeness (QED) is 0.759. The lowest BCUT2D eigenvalue weighted by Crippen LogP contribution is -2.11.